The van der Waals surface area contributed by atoms with E-state index < -0.39 is 23.4 Å². The van der Waals surface area contributed by atoms with Crippen LogP contribution in [0.2, 0.25) is 0 Å². The van der Waals surface area contributed by atoms with Crippen LogP contribution in [0, 0.1) is 17.8 Å². The van der Waals surface area contributed by atoms with Crippen LogP contribution in [0.3, 0.4) is 0 Å². The average molecular weight is 314 g/mol. The van der Waals surface area contributed by atoms with Gasteiger partial charge in [-0.15, -0.1) is 0 Å². The first-order valence-electron chi connectivity index (χ1n) is 7.73. The first kappa shape index (κ1) is 17.3. The molecule has 0 aromatic heterocycles. The summed E-state index contributed by atoms with van der Waals surface area (Å²) in [7, 11) is 0. The molecule has 0 aliphatic heterocycles. The third-order valence-corrected chi connectivity index (χ3v) is 4.51. The van der Waals surface area contributed by atoms with Gasteiger partial charge < -0.3 is 5.11 Å². The highest BCUT2D eigenvalue weighted by Crippen LogP contribution is 2.41. The van der Waals surface area contributed by atoms with Crippen molar-refractivity contribution in [2.75, 3.05) is 0 Å². The van der Waals surface area contributed by atoms with Gasteiger partial charge in [0, 0.05) is 12.3 Å². The van der Waals surface area contributed by atoms with Crippen LogP contribution in [-0.2, 0) is 14.4 Å². The normalized spacial score (nSPS) is 31.3. The summed E-state index contributed by atoms with van der Waals surface area (Å²) in [4.78, 5) is 36.4. The lowest BCUT2D eigenvalue weighted by Crippen LogP contribution is -2.54. The van der Waals surface area contributed by atoms with Crippen molar-refractivity contribution >= 4 is 23.4 Å². The van der Waals surface area contributed by atoms with E-state index in [1.165, 1.54) is 20.8 Å². The van der Waals surface area contributed by atoms with Gasteiger partial charge in [0.2, 0.25) is 0 Å². The first-order valence-corrected chi connectivity index (χ1v) is 7.73. The molecule has 0 radical (unpaired) electrons. The Morgan fingerprint density at radius 1 is 1.17 bits per heavy atom. The number of ketones is 3. The molecule has 0 heterocycles. The average Bonchev–Trinajstić information content (AvgIpc) is 2.43. The molecule has 1 fully saturated rings. The summed E-state index contributed by atoms with van der Waals surface area (Å²) in [5.41, 5.74) is -0.518. The molecule has 1 aliphatic rings. The quantitative estimate of drug-likeness (QED) is 0.867. The predicted molar refractivity (Wildman–Crippen MR) is 87.6 cm³/mol. The van der Waals surface area contributed by atoms with E-state index >= 15 is 0 Å². The molecule has 2 rings (SSSR count). The predicted octanol–water partition coefficient (Wildman–Crippen LogP) is 2.45. The molecule has 1 saturated carbocycles. The van der Waals surface area contributed by atoms with Crippen molar-refractivity contribution in [3.05, 3.63) is 42.0 Å². The number of rotatable bonds is 4. The standard InChI is InChI=1S/C19H22O4/c1-12(20)17-15(10-9-14-7-5-4-6-8-14)18(13(2)21)19(3,23)11-16(17)22/h4-10,15,17-18,23H,11H2,1-3H3/b10-9+/t15-,17+,18-,19+/m1/s1. The Morgan fingerprint density at radius 2 is 1.78 bits per heavy atom. The third kappa shape index (κ3) is 3.64. The van der Waals surface area contributed by atoms with Gasteiger partial charge in [-0.25, -0.2) is 0 Å². The molecule has 1 aromatic carbocycles. The fourth-order valence-electron chi connectivity index (χ4n) is 3.61. The van der Waals surface area contributed by atoms with Gasteiger partial charge in [0.15, 0.2) is 0 Å². The molecule has 1 aliphatic carbocycles. The Morgan fingerprint density at radius 3 is 2.30 bits per heavy atom. The summed E-state index contributed by atoms with van der Waals surface area (Å²) >= 11 is 0. The molecule has 122 valence electrons. The minimum absolute atomic E-state index is 0.169. The number of hydrogen-bond donors (Lipinski definition) is 1. The minimum atomic E-state index is -1.43. The highest BCUT2D eigenvalue weighted by atomic mass is 16.3. The molecule has 4 heteroatoms. The van der Waals surface area contributed by atoms with Crippen molar-refractivity contribution < 1.29 is 19.5 Å². The largest absolute Gasteiger partial charge is 0.389 e. The molecule has 23 heavy (non-hydrogen) atoms. The van der Waals surface area contributed by atoms with E-state index in [-0.39, 0.29) is 23.8 Å². The van der Waals surface area contributed by atoms with Crippen LogP contribution in [0.1, 0.15) is 32.8 Å². The highest BCUT2D eigenvalue weighted by Gasteiger charge is 2.52. The second kappa shape index (κ2) is 6.59. The second-order valence-corrected chi connectivity index (χ2v) is 6.52. The number of aliphatic hydroxyl groups is 1. The van der Waals surface area contributed by atoms with Crippen LogP contribution in [0.15, 0.2) is 36.4 Å². The first-order chi connectivity index (χ1) is 10.7. The molecule has 4 nitrogen and oxygen atoms in total. The number of benzene rings is 1. The Bertz CT molecular complexity index is 643. The van der Waals surface area contributed by atoms with E-state index in [4.69, 9.17) is 0 Å². The summed E-state index contributed by atoms with van der Waals surface area (Å²) in [6, 6.07) is 9.44. The minimum Gasteiger partial charge on any atom is -0.389 e. The summed E-state index contributed by atoms with van der Waals surface area (Å²) in [6.07, 6.45) is 3.35. The molecule has 0 amide bonds. The lowest BCUT2D eigenvalue weighted by atomic mass is 9.61. The maximum atomic E-state index is 12.3. The van der Waals surface area contributed by atoms with E-state index in [1.807, 2.05) is 30.3 Å². The SMILES string of the molecule is CC(=O)[C@@H]1C(=O)C[C@](C)(O)[C@H](C(C)=O)[C@@H]1/C=C/c1ccccc1. The van der Waals surface area contributed by atoms with Crippen LogP contribution in [0.5, 0.6) is 0 Å². The lowest BCUT2D eigenvalue weighted by molar-refractivity contribution is -0.153. The number of allylic oxidation sites excluding steroid dienone is 1. The van der Waals surface area contributed by atoms with E-state index in [0.717, 1.165) is 5.56 Å². The van der Waals surface area contributed by atoms with Gasteiger partial charge in [-0.05, 0) is 26.3 Å². The van der Waals surface area contributed by atoms with Crippen LogP contribution in [0.25, 0.3) is 6.08 Å². The van der Waals surface area contributed by atoms with Crippen molar-refractivity contribution in [2.24, 2.45) is 17.8 Å². The third-order valence-electron chi connectivity index (χ3n) is 4.51. The Kier molecular flexibility index (Phi) is 4.95. The maximum Gasteiger partial charge on any atom is 0.146 e. The maximum absolute atomic E-state index is 12.3. The smallest absolute Gasteiger partial charge is 0.146 e. The molecule has 1 aromatic rings. The van der Waals surface area contributed by atoms with Gasteiger partial charge in [-0.3, -0.25) is 14.4 Å². The number of hydrogen-bond acceptors (Lipinski definition) is 4. The fraction of sp³-hybridized carbons (Fsp3) is 0.421. The Labute approximate surface area is 136 Å². The van der Waals surface area contributed by atoms with Crippen LogP contribution in [-0.4, -0.2) is 28.1 Å². The highest BCUT2D eigenvalue weighted by molar-refractivity contribution is 6.04. The van der Waals surface area contributed by atoms with Crippen molar-refractivity contribution in [1.29, 1.82) is 0 Å². The van der Waals surface area contributed by atoms with Gasteiger partial charge in [0.25, 0.3) is 0 Å². The van der Waals surface area contributed by atoms with Crippen molar-refractivity contribution in [2.45, 2.75) is 32.8 Å². The molecule has 4 atom stereocenters. The summed E-state index contributed by atoms with van der Waals surface area (Å²) in [5, 5.41) is 10.6. The van der Waals surface area contributed by atoms with Gasteiger partial charge in [0.1, 0.15) is 17.3 Å². The summed E-state index contributed by atoms with van der Waals surface area (Å²) in [5.74, 6) is -3.04. The zero-order valence-corrected chi connectivity index (χ0v) is 13.7. The lowest BCUT2D eigenvalue weighted by Gasteiger charge is -2.42. The number of carbonyl (C=O) groups excluding carboxylic acids is 3. The monoisotopic (exact) mass is 314 g/mol. The molecule has 1 N–H and O–H groups in total. The number of carbonyl (C=O) groups is 3. The van der Waals surface area contributed by atoms with Crippen LogP contribution >= 0.6 is 0 Å². The molecular formula is C19H22O4. The van der Waals surface area contributed by atoms with Crippen LogP contribution in [0.4, 0.5) is 0 Å². The van der Waals surface area contributed by atoms with Gasteiger partial charge in [-0.2, -0.15) is 0 Å². The molecule has 0 unspecified atom stereocenters. The van der Waals surface area contributed by atoms with Gasteiger partial charge >= 0.3 is 0 Å². The van der Waals surface area contributed by atoms with E-state index in [1.54, 1.807) is 12.2 Å². The molecular weight excluding hydrogens is 292 g/mol. The zero-order valence-electron chi connectivity index (χ0n) is 13.7. The summed E-state index contributed by atoms with van der Waals surface area (Å²) < 4.78 is 0. The Balaban J connectivity index is 2.45. The van der Waals surface area contributed by atoms with Crippen LogP contribution < -0.4 is 0 Å². The zero-order chi connectivity index (χ0) is 17.2. The van der Waals surface area contributed by atoms with Crippen molar-refractivity contribution in [3.63, 3.8) is 0 Å². The molecule has 0 saturated heterocycles. The van der Waals surface area contributed by atoms with E-state index in [9.17, 15) is 19.5 Å². The molecule has 0 spiro atoms. The fourth-order valence-corrected chi connectivity index (χ4v) is 3.61. The van der Waals surface area contributed by atoms with Crippen molar-refractivity contribution in [3.8, 4) is 0 Å². The number of Topliss-reactive ketones (excluding diaryl/α,β-unsaturated/α-hetero) is 3. The van der Waals surface area contributed by atoms with Crippen molar-refractivity contribution in [1.82, 2.24) is 0 Å². The van der Waals surface area contributed by atoms with E-state index in [2.05, 4.69) is 0 Å². The molecule has 0 bridgehead atoms. The van der Waals surface area contributed by atoms with E-state index in [0.29, 0.717) is 0 Å². The topological polar surface area (TPSA) is 71.4 Å². The van der Waals surface area contributed by atoms with Gasteiger partial charge in [-0.1, -0.05) is 42.5 Å². The Hall–Kier alpha value is -2.07. The summed E-state index contributed by atoms with van der Waals surface area (Å²) in [6.45, 7) is 4.26. The second-order valence-electron chi connectivity index (χ2n) is 6.52. The van der Waals surface area contributed by atoms with Gasteiger partial charge in [0.05, 0.1) is 17.4 Å².